The molecule has 1 aliphatic rings. The molecule has 1 N–H and O–H groups in total. The Morgan fingerprint density at radius 3 is 2.81 bits per heavy atom. The van der Waals surface area contributed by atoms with Crippen LogP contribution in [0.1, 0.15) is 49.6 Å². The Morgan fingerprint density at radius 1 is 1.33 bits per heavy atom. The highest BCUT2D eigenvalue weighted by molar-refractivity contribution is 7.99. The molecular formula is C22H23NO3S. The molecule has 3 rings (SSSR count). The van der Waals surface area contributed by atoms with E-state index in [1.54, 1.807) is 30.1 Å². The van der Waals surface area contributed by atoms with E-state index in [0.717, 1.165) is 35.0 Å². The number of hydrogen-bond acceptors (Lipinski definition) is 4. The Kier molecular flexibility index (Phi) is 5.76. The third-order valence-corrected chi connectivity index (χ3v) is 5.54. The van der Waals surface area contributed by atoms with Crippen LogP contribution >= 0.6 is 11.8 Å². The van der Waals surface area contributed by atoms with Crippen LogP contribution in [0.15, 0.2) is 35.4 Å². The van der Waals surface area contributed by atoms with Crippen molar-refractivity contribution in [1.29, 1.82) is 0 Å². The first-order chi connectivity index (χ1) is 12.9. The standard InChI is InChI=1S/C22H23NO3S/c1-4-27-20-13-19-18(22(2,3)9-10-26-19)12-16(20)6-8-17-7-5-15(14-23-17)11-21(24)25/h5,7,12-14H,4,9-11H2,1-3H3,(H,24,25). The summed E-state index contributed by atoms with van der Waals surface area (Å²) in [6, 6.07) is 7.79. The number of hydrogen-bond donors (Lipinski definition) is 1. The van der Waals surface area contributed by atoms with Gasteiger partial charge in [-0.05, 0) is 47.3 Å². The minimum atomic E-state index is -0.865. The lowest BCUT2D eigenvalue weighted by atomic mass is 9.79. The molecule has 0 aliphatic carbocycles. The van der Waals surface area contributed by atoms with Gasteiger partial charge in [-0.25, -0.2) is 4.98 Å². The monoisotopic (exact) mass is 381 g/mol. The molecule has 1 aliphatic heterocycles. The second kappa shape index (κ2) is 8.06. The molecule has 1 aromatic carbocycles. The number of carbonyl (C=O) groups is 1. The number of benzene rings is 1. The molecule has 0 atom stereocenters. The molecule has 1 aromatic heterocycles. The Labute approximate surface area is 164 Å². The quantitative estimate of drug-likeness (QED) is 0.633. The van der Waals surface area contributed by atoms with Gasteiger partial charge in [0.1, 0.15) is 11.4 Å². The van der Waals surface area contributed by atoms with Gasteiger partial charge in [0.2, 0.25) is 0 Å². The van der Waals surface area contributed by atoms with E-state index in [9.17, 15) is 4.79 Å². The van der Waals surface area contributed by atoms with Crippen LogP contribution in [0.5, 0.6) is 5.75 Å². The van der Waals surface area contributed by atoms with Crippen LogP contribution in [0.4, 0.5) is 0 Å². The third-order valence-electron chi connectivity index (χ3n) is 4.60. The van der Waals surface area contributed by atoms with Gasteiger partial charge < -0.3 is 9.84 Å². The molecular weight excluding hydrogens is 358 g/mol. The molecule has 0 saturated heterocycles. The number of pyridine rings is 1. The SMILES string of the molecule is CCSc1cc2c(cc1C#Cc1ccc(CC(=O)O)cn1)C(C)(C)CCO2. The van der Waals surface area contributed by atoms with Crippen molar-refractivity contribution in [3.63, 3.8) is 0 Å². The molecule has 0 bridgehead atoms. The number of aromatic nitrogens is 1. The van der Waals surface area contributed by atoms with Crippen molar-refractivity contribution >= 4 is 17.7 Å². The lowest BCUT2D eigenvalue weighted by Crippen LogP contribution is -2.26. The topological polar surface area (TPSA) is 59.4 Å². The van der Waals surface area contributed by atoms with Gasteiger partial charge in [0.25, 0.3) is 0 Å². The molecule has 0 fully saturated rings. The van der Waals surface area contributed by atoms with Gasteiger partial charge in [-0.1, -0.05) is 32.8 Å². The summed E-state index contributed by atoms with van der Waals surface area (Å²) in [4.78, 5) is 16.1. The smallest absolute Gasteiger partial charge is 0.307 e. The second-order valence-electron chi connectivity index (χ2n) is 7.13. The van der Waals surface area contributed by atoms with Crippen LogP contribution in [0, 0.1) is 11.8 Å². The van der Waals surface area contributed by atoms with Gasteiger partial charge in [-0.15, -0.1) is 11.8 Å². The Hall–Kier alpha value is -2.45. The van der Waals surface area contributed by atoms with Gasteiger partial charge in [0.05, 0.1) is 13.0 Å². The molecule has 0 radical (unpaired) electrons. The fraction of sp³-hybridized carbons (Fsp3) is 0.364. The summed E-state index contributed by atoms with van der Waals surface area (Å²) in [5.74, 6) is 7.42. The van der Waals surface area contributed by atoms with Gasteiger partial charge in [0, 0.05) is 22.2 Å². The molecule has 0 spiro atoms. The zero-order valence-corrected chi connectivity index (χ0v) is 16.7. The highest BCUT2D eigenvalue weighted by Crippen LogP contribution is 2.41. The zero-order valence-electron chi connectivity index (χ0n) is 15.8. The molecule has 0 unspecified atom stereocenters. The average molecular weight is 381 g/mol. The Balaban J connectivity index is 1.94. The highest BCUT2D eigenvalue weighted by atomic mass is 32.2. The minimum Gasteiger partial charge on any atom is -0.493 e. The number of carboxylic acid groups (broad SMARTS) is 1. The van der Waals surface area contributed by atoms with Crippen LogP contribution in [-0.2, 0) is 16.6 Å². The number of ether oxygens (including phenoxy) is 1. The van der Waals surface area contributed by atoms with Crippen molar-refractivity contribution in [3.8, 4) is 17.6 Å². The van der Waals surface area contributed by atoms with Crippen molar-refractivity contribution < 1.29 is 14.6 Å². The first kappa shape index (κ1) is 19.3. The van der Waals surface area contributed by atoms with E-state index >= 15 is 0 Å². The van der Waals surface area contributed by atoms with Crippen molar-refractivity contribution in [1.82, 2.24) is 4.98 Å². The number of rotatable bonds is 4. The second-order valence-corrected chi connectivity index (χ2v) is 8.44. The fourth-order valence-electron chi connectivity index (χ4n) is 3.04. The maximum atomic E-state index is 10.8. The third kappa shape index (κ3) is 4.64. The van der Waals surface area contributed by atoms with E-state index in [2.05, 4.69) is 49.7 Å². The number of thioether (sulfide) groups is 1. The molecule has 2 heterocycles. The number of fused-ring (bicyclic) bond motifs is 1. The number of carboxylic acids is 1. The van der Waals surface area contributed by atoms with Gasteiger partial charge in [0.15, 0.2) is 0 Å². The lowest BCUT2D eigenvalue weighted by Gasteiger charge is -2.33. The summed E-state index contributed by atoms with van der Waals surface area (Å²) >= 11 is 1.75. The molecule has 4 nitrogen and oxygen atoms in total. The minimum absolute atomic E-state index is 0.0299. The molecule has 2 aromatic rings. The summed E-state index contributed by atoms with van der Waals surface area (Å²) in [7, 11) is 0. The zero-order chi connectivity index (χ0) is 19.4. The summed E-state index contributed by atoms with van der Waals surface area (Å²) in [5, 5.41) is 8.84. The van der Waals surface area contributed by atoms with Crippen LogP contribution in [0.3, 0.4) is 0 Å². The highest BCUT2D eigenvalue weighted by Gasteiger charge is 2.29. The van der Waals surface area contributed by atoms with Crippen molar-refractivity contribution in [3.05, 3.63) is 52.8 Å². The van der Waals surface area contributed by atoms with Crippen molar-refractivity contribution in [2.24, 2.45) is 0 Å². The maximum absolute atomic E-state index is 10.8. The van der Waals surface area contributed by atoms with E-state index in [4.69, 9.17) is 9.84 Å². The Morgan fingerprint density at radius 2 is 2.15 bits per heavy atom. The van der Waals surface area contributed by atoms with Crippen molar-refractivity contribution in [2.75, 3.05) is 12.4 Å². The van der Waals surface area contributed by atoms with Crippen LogP contribution < -0.4 is 4.74 Å². The van der Waals surface area contributed by atoms with Crippen LogP contribution in [0.25, 0.3) is 0 Å². The van der Waals surface area contributed by atoms with Crippen molar-refractivity contribution in [2.45, 2.75) is 43.9 Å². The van der Waals surface area contributed by atoms with Crippen LogP contribution in [0.2, 0.25) is 0 Å². The predicted molar refractivity (Wildman–Crippen MR) is 108 cm³/mol. The lowest BCUT2D eigenvalue weighted by molar-refractivity contribution is -0.136. The summed E-state index contributed by atoms with van der Waals surface area (Å²) < 4.78 is 5.89. The molecule has 0 amide bonds. The van der Waals surface area contributed by atoms with E-state index in [1.165, 1.54) is 5.56 Å². The maximum Gasteiger partial charge on any atom is 0.307 e. The largest absolute Gasteiger partial charge is 0.493 e. The predicted octanol–water partition coefficient (Wildman–Crippen LogP) is 4.28. The van der Waals surface area contributed by atoms with Crippen LogP contribution in [-0.4, -0.2) is 28.4 Å². The molecule has 5 heteroatoms. The molecule has 0 saturated carbocycles. The van der Waals surface area contributed by atoms with Gasteiger partial charge >= 0.3 is 5.97 Å². The van der Waals surface area contributed by atoms with Gasteiger partial charge in [-0.3, -0.25) is 4.79 Å². The summed E-state index contributed by atoms with van der Waals surface area (Å²) in [6.45, 7) is 7.34. The summed E-state index contributed by atoms with van der Waals surface area (Å²) in [6.07, 6.45) is 2.53. The first-order valence-corrected chi connectivity index (χ1v) is 10.0. The number of aliphatic carboxylic acids is 1. The Bertz CT molecular complexity index is 908. The number of nitrogens with zero attached hydrogens (tertiary/aromatic N) is 1. The summed E-state index contributed by atoms with van der Waals surface area (Å²) in [5.41, 5.74) is 3.54. The first-order valence-electron chi connectivity index (χ1n) is 9.02. The fourth-order valence-corrected chi connectivity index (χ4v) is 3.81. The van der Waals surface area contributed by atoms with E-state index < -0.39 is 5.97 Å². The molecule has 140 valence electrons. The van der Waals surface area contributed by atoms with E-state index in [-0.39, 0.29) is 11.8 Å². The van der Waals surface area contributed by atoms with Gasteiger partial charge in [-0.2, -0.15) is 0 Å². The van der Waals surface area contributed by atoms with E-state index in [0.29, 0.717) is 11.3 Å². The normalized spacial score (nSPS) is 14.5. The average Bonchev–Trinajstić information content (AvgIpc) is 2.61. The molecule has 27 heavy (non-hydrogen) atoms. The van der Waals surface area contributed by atoms with E-state index in [1.807, 2.05) is 0 Å².